The van der Waals surface area contributed by atoms with Gasteiger partial charge < -0.3 is 11.5 Å². The van der Waals surface area contributed by atoms with Gasteiger partial charge in [-0.25, -0.2) is 4.39 Å². The third-order valence-corrected chi connectivity index (χ3v) is 3.42. The normalized spacial score (nSPS) is 12.2. The van der Waals surface area contributed by atoms with E-state index in [1.54, 1.807) is 0 Å². The molecule has 0 bridgehead atoms. The molecule has 4 N–H and O–H groups in total. The van der Waals surface area contributed by atoms with E-state index >= 15 is 0 Å². The molecule has 0 aromatic heterocycles. The lowest BCUT2D eigenvalue weighted by atomic mass is 10.0. The molecule has 0 heterocycles. The zero-order chi connectivity index (χ0) is 13.2. The number of anilines is 1. The van der Waals surface area contributed by atoms with Gasteiger partial charge in [-0.05, 0) is 18.6 Å². The van der Waals surface area contributed by atoms with Gasteiger partial charge in [-0.1, -0.05) is 22.9 Å². The number of carbonyl (C=O) groups is 2. The first-order valence-electron chi connectivity index (χ1n) is 4.96. The van der Waals surface area contributed by atoms with E-state index in [0.29, 0.717) is 6.42 Å². The van der Waals surface area contributed by atoms with Gasteiger partial charge in [0.1, 0.15) is 0 Å². The molecule has 1 unspecified atom stereocenters. The van der Waals surface area contributed by atoms with Crippen molar-refractivity contribution in [1.82, 2.24) is 0 Å². The lowest BCUT2D eigenvalue weighted by Crippen LogP contribution is -2.19. The van der Waals surface area contributed by atoms with Crippen LogP contribution in [0.1, 0.15) is 34.1 Å². The molecule has 17 heavy (non-hydrogen) atoms. The van der Waals surface area contributed by atoms with Gasteiger partial charge in [0, 0.05) is 5.56 Å². The topological polar surface area (TPSA) is 86.2 Å². The van der Waals surface area contributed by atoms with Gasteiger partial charge in [0.15, 0.2) is 11.6 Å². The number of nitrogens with two attached hydrogens (primary N) is 2. The second-order valence-electron chi connectivity index (χ2n) is 3.49. The van der Waals surface area contributed by atoms with E-state index in [4.69, 9.17) is 11.5 Å². The number of ketones is 1. The minimum atomic E-state index is -0.945. The highest BCUT2D eigenvalue weighted by molar-refractivity contribution is 9.10. The molecule has 6 heteroatoms. The quantitative estimate of drug-likeness (QED) is 0.506. The van der Waals surface area contributed by atoms with Gasteiger partial charge in [-0.3, -0.25) is 9.59 Å². The van der Waals surface area contributed by atoms with Crippen molar-refractivity contribution in [3.63, 3.8) is 0 Å². The summed E-state index contributed by atoms with van der Waals surface area (Å²) in [5.74, 6) is -2.18. The highest BCUT2D eigenvalue weighted by atomic mass is 79.9. The van der Waals surface area contributed by atoms with Gasteiger partial charge in [-0.15, -0.1) is 0 Å². The summed E-state index contributed by atoms with van der Waals surface area (Å²) in [7, 11) is 0. The molecule has 0 radical (unpaired) electrons. The minimum absolute atomic E-state index is 0.0521. The Kier molecular flexibility index (Phi) is 4.22. The number of rotatable bonds is 4. The minimum Gasteiger partial charge on any atom is -0.396 e. The van der Waals surface area contributed by atoms with E-state index in [9.17, 15) is 14.0 Å². The summed E-state index contributed by atoms with van der Waals surface area (Å²) in [6, 6.07) is 2.47. The molecule has 4 nitrogen and oxygen atoms in total. The third-order valence-electron chi connectivity index (χ3n) is 2.35. The van der Waals surface area contributed by atoms with E-state index < -0.39 is 16.6 Å². The Morgan fingerprint density at radius 2 is 1.94 bits per heavy atom. The van der Waals surface area contributed by atoms with Crippen molar-refractivity contribution in [2.45, 2.75) is 18.2 Å². The Bertz CT molecular complexity index is 477. The van der Waals surface area contributed by atoms with Gasteiger partial charge in [0.2, 0.25) is 0 Å². The van der Waals surface area contributed by atoms with Crippen LogP contribution in [0.25, 0.3) is 0 Å². The number of amides is 1. The highest BCUT2D eigenvalue weighted by Crippen LogP contribution is 2.23. The molecule has 1 atom stereocenters. The van der Waals surface area contributed by atoms with Crippen LogP contribution in [0.2, 0.25) is 0 Å². The maximum absolute atomic E-state index is 13.6. The third kappa shape index (κ3) is 2.63. The Balaban J connectivity index is 3.26. The van der Waals surface area contributed by atoms with Crippen molar-refractivity contribution in [3.05, 3.63) is 29.1 Å². The fourth-order valence-corrected chi connectivity index (χ4v) is 1.60. The first-order chi connectivity index (χ1) is 7.90. The summed E-state index contributed by atoms with van der Waals surface area (Å²) in [6.45, 7) is 1.81. The highest BCUT2D eigenvalue weighted by Gasteiger charge is 2.22. The lowest BCUT2D eigenvalue weighted by Gasteiger charge is -2.10. The van der Waals surface area contributed by atoms with Crippen LogP contribution in [0.3, 0.4) is 0 Å². The second-order valence-corrected chi connectivity index (χ2v) is 4.60. The van der Waals surface area contributed by atoms with E-state index in [0.717, 1.165) is 6.07 Å². The predicted octanol–water partition coefficient (Wildman–Crippen LogP) is 1.86. The number of hydrogen-bond acceptors (Lipinski definition) is 3. The molecule has 92 valence electrons. The van der Waals surface area contributed by atoms with Crippen LogP contribution in [0.4, 0.5) is 10.1 Å². The number of alkyl halides is 1. The molecule has 0 spiro atoms. The summed E-state index contributed by atoms with van der Waals surface area (Å²) >= 11 is 3.17. The van der Waals surface area contributed by atoms with Crippen LogP contribution in [-0.2, 0) is 0 Å². The molecule has 1 aromatic carbocycles. The monoisotopic (exact) mass is 302 g/mol. The van der Waals surface area contributed by atoms with Gasteiger partial charge in [0.25, 0.3) is 5.91 Å². The van der Waals surface area contributed by atoms with Crippen LogP contribution in [-0.4, -0.2) is 16.5 Å². The fourth-order valence-electron chi connectivity index (χ4n) is 1.35. The molecule has 1 amide bonds. The van der Waals surface area contributed by atoms with Crippen molar-refractivity contribution < 1.29 is 14.0 Å². The molecular weight excluding hydrogens is 291 g/mol. The van der Waals surface area contributed by atoms with E-state index in [-0.39, 0.29) is 22.6 Å². The molecule has 0 aliphatic heterocycles. The standard InChI is InChI=1S/C11H12BrFN2O2/c1-2-7(12)10(16)6-4-3-5(11(15)17)8(13)9(6)14/h3-4,7H,2,14H2,1H3,(H2,15,17). The van der Waals surface area contributed by atoms with E-state index in [2.05, 4.69) is 15.9 Å². The van der Waals surface area contributed by atoms with Crippen molar-refractivity contribution >= 4 is 33.3 Å². The molecule has 0 saturated heterocycles. The van der Waals surface area contributed by atoms with Crippen LogP contribution in [0.5, 0.6) is 0 Å². The molecule has 1 aromatic rings. The Morgan fingerprint density at radius 1 is 1.41 bits per heavy atom. The average Bonchev–Trinajstić information content (AvgIpc) is 2.30. The smallest absolute Gasteiger partial charge is 0.251 e. The van der Waals surface area contributed by atoms with Crippen LogP contribution >= 0.6 is 15.9 Å². The lowest BCUT2D eigenvalue weighted by molar-refractivity contribution is 0.0980. The molecule has 0 aliphatic carbocycles. The van der Waals surface area contributed by atoms with Crippen LogP contribution < -0.4 is 11.5 Å². The molecule has 0 fully saturated rings. The summed E-state index contributed by atoms with van der Waals surface area (Å²) < 4.78 is 13.6. The van der Waals surface area contributed by atoms with E-state index in [1.807, 2.05) is 6.92 Å². The number of halogens is 2. The largest absolute Gasteiger partial charge is 0.396 e. The molecule has 1 rings (SSSR count). The summed E-state index contributed by atoms with van der Waals surface area (Å²) in [6.07, 6.45) is 0.553. The molecule has 0 saturated carbocycles. The number of hydrogen-bond donors (Lipinski definition) is 2. The van der Waals surface area contributed by atoms with Crippen LogP contribution in [0, 0.1) is 5.82 Å². The summed E-state index contributed by atoms with van der Waals surface area (Å²) in [4.78, 5) is 22.3. The van der Waals surface area contributed by atoms with Gasteiger partial charge >= 0.3 is 0 Å². The SMILES string of the molecule is CCC(Br)C(=O)c1ccc(C(N)=O)c(F)c1N. The van der Waals surface area contributed by atoms with Crippen LogP contribution in [0.15, 0.2) is 12.1 Å². The van der Waals surface area contributed by atoms with Crippen molar-refractivity contribution in [3.8, 4) is 0 Å². The average molecular weight is 303 g/mol. The number of primary amides is 1. The van der Waals surface area contributed by atoms with Crippen molar-refractivity contribution in [1.29, 1.82) is 0 Å². The molecular formula is C11H12BrFN2O2. The summed E-state index contributed by atoms with van der Waals surface area (Å²) in [5, 5.41) is 0. The summed E-state index contributed by atoms with van der Waals surface area (Å²) in [5.41, 5.74) is 9.85. The fraction of sp³-hybridized carbons (Fsp3) is 0.273. The Morgan fingerprint density at radius 3 is 2.41 bits per heavy atom. The van der Waals surface area contributed by atoms with Gasteiger partial charge in [0.05, 0.1) is 16.1 Å². The number of carbonyl (C=O) groups excluding carboxylic acids is 2. The zero-order valence-electron chi connectivity index (χ0n) is 9.17. The predicted molar refractivity (Wildman–Crippen MR) is 66.7 cm³/mol. The van der Waals surface area contributed by atoms with E-state index in [1.165, 1.54) is 6.07 Å². The number of Topliss-reactive ketones (excluding diaryl/α,β-unsaturated/α-hetero) is 1. The van der Waals surface area contributed by atoms with Crippen molar-refractivity contribution in [2.75, 3.05) is 5.73 Å². The number of nitrogen functional groups attached to an aromatic ring is 1. The maximum Gasteiger partial charge on any atom is 0.251 e. The van der Waals surface area contributed by atoms with Crippen molar-refractivity contribution in [2.24, 2.45) is 5.73 Å². The molecule has 0 aliphatic rings. The van der Waals surface area contributed by atoms with Gasteiger partial charge in [-0.2, -0.15) is 0 Å². The first kappa shape index (κ1) is 13.6. The first-order valence-corrected chi connectivity index (χ1v) is 5.87. The zero-order valence-corrected chi connectivity index (χ0v) is 10.8. The maximum atomic E-state index is 13.6. The number of benzene rings is 1. The Hall–Kier alpha value is -1.43. The Labute approximate surface area is 106 Å². The second kappa shape index (κ2) is 5.27.